The predicted octanol–water partition coefficient (Wildman–Crippen LogP) is 0.387. The smallest absolute Gasteiger partial charge is 0.336 e. The van der Waals surface area contributed by atoms with Crippen LogP contribution in [0.5, 0.6) is 0 Å². The molecule has 3 heteroatoms. The molecule has 1 aromatic rings. The second-order valence-corrected chi connectivity index (χ2v) is 2.55. The van der Waals surface area contributed by atoms with Gasteiger partial charge in [-0.25, -0.2) is 4.79 Å². The molecule has 0 bridgehead atoms. The molecule has 0 N–H and O–H groups in total. The van der Waals surface area contributed by atoms with Crippen LogP contribution in [0.2, 0.25) is 0 Å². The fourth-order valence-electron chi connectivity index (χ4n) is 0.898. The van der Waals surface area contributed by atoms with Crippen molar-refractivity contribution in [2.75, 3.05) is 0 Å². The summed E-state index contributed by atoms with van der Waals surface area (Å²) in [5.41, 5.74) is 0.0757. The maximum absolute atomic E-state index is 10.8. The Morgan fingerprint density at radius 2 is 2.15 bits per heavy atom. The normalized spacial score (nSPS) is 12.9. The monoisotopic (exact) mass is 192 g/mol. The summed E-state index contributed by atoms with van der Waals surface area (Å²) in [6.07, 6.45) is 4.93. The fourth-order valence-corrected chi connectivity index (χ4v) is 1.02. The standard InChI is InChI=1S/C10H8O2S/c1-2-3-8-4-5-10(11)12-9(8)6-7-13/h2-7H,1H2/b8-3-,9-6+. The molecule has 1 aromatic heterocycles. The van der Waals surface area contributed by atoms with Gasteiger partial charge in [-0.3, -0.25) is 0 Å². The molecule has 0 fully saturated rings. The summed E-state index contributed by atoms with van der Waals surface area (Å²) in [6.45, 7) is 3.55. The van der Waals surface area contributed by atoms with Crippen LogP contribution in [0.1, 0.15) is 0 Å². The van der Waals surface area contributed by atoms with E-state index < -0.39 is 0 Å². The van der Waals surface area contributed by atoms with Crippen LogP contribution in [0.3, 0.4) is 0 Å². The van der Waals surface area contributed by atoms with Crippen LogP contribution in [0.4, 0.5) is 0 Å². The number of hydrogen-bond donors (Lipinski definition) is 0. The molecule has 0 unspecified atom stereocenters. The van der Waals surface area contributed by atoms with Crippen LogP contribution < -0.4 is 16.3 Å². The summed E-state index contributed by atoms with van der Waals surface area (Å²) in [4.78, 5) is 10.8. The Labute approximate surface area is 80.5 Å². The minimum absolute atomic E-state index is 0.385. The van der Waals surface area contributed by atoms with E-state index in [1.54, 1.807) is 24.3 Å². The molecule has 0 radical (unpaired) electrons. The van der Waals surface area contributed by atoms with Gasteiger partial charge in [0.15, 0.2) is 0 Å². The molecule has 0 aliphatic carbocycles. The van der Waals surface area contributed by atoms with Crippen LogP contribution in [0.15, 0.2) is 34.0 Å². The lowest BCUT2D eigenvalue weighted by Gasteiger charge is -1.85. The maximum Gasteiger partial charge on any atom is 0.336 e. The van der Waals surface area contributed by atoms with Gasteiger partial charge in [0, 0.05) is 16.7 Å². The van der Waals surface area contributed by atoms with Gasteiger partial charge in [-0.05, 0) is 12.1 Å². The zero-order valence-electron chi connectivity index (χ0n) is 6.90. The van der Waals surface area contributed by atoms with Crippen molar-refractivity contribution in [3.8, 4) is 0 Å². The molecule has 0 saturated carbocycles. The molecule has 0 spiro atoms. The van der Waals surface area contributed by atoms with E-state index in [0.717, 1.165) is 5.22 Å². The third kappa shape index (κ3) is 2.49. The maximum atomic E-state index is 10.8. The van der Waals surface area contributed by atoms with E-state index in [0.29, 0.717) is 5.42 Å². The van der Waals surface area contributed by atoms with Gasteiger partial charge in [-0.2, -0.15) is 0 Å². The molecule has 13 heavy (non-hydrogen) atoms. The van der Waals surface area contributed by atoms with E-state index in [4.69, 9.17) is 4.42 Å². The number of rotatable bonds is 2. The van der Waals surface area contributed by atoms with Crippen molar-refractivity contribution in [3.05, 3.63) is 45.8 Å². The molecule has 0 amide bonds. The number of allylic oxidation sites excluding steroid dienone is 1. The van der Waals surface area contributed by atoms with Crippen LogP contribution in [0, 0.1) is 0 Å². The minimum atomic E-state index is -0.385. The molecule has 1 rings (SSSR count). The van der Waals surface area contributed by atoms with Gasteiger partial charge in [0.1, 0.15) is 5.42 Å². The van der Waals surface area contributed by atoms with Crippen LogP contribution in [-0.4, -0.2) is 5.37 Å². The van der Waals surface area contributed by atoms with Crippen molar-refractivity contribution in [2.45, 2.75) is 0 Å². The molecule has 0 atom stereocenters. The van der Waals surface area contributed by atoms with Gasteiger partial charge in [-0.1, -0.05) is 30.9 Å². The SMILES string of the molecule is C=C/C=c1/ccc(=O)o/c1=C/C=S. The van der Waals surface area contributed by atoms with Crippen molar-refractivity contribution in [2.24, 2.45) is 0 Å². The van der Waals surface area contributed by atoms with Crippen molar-refractivity contribution in [1.29, 1.82) is 0 Å². The van der Waals surface area contributed by atoms with Crippen molar-refractivity contribution in [3.63, 3.8) is 0 Å². The Morgan fingerprint density at radius 3 is 2.77 bits per heavy atom. The zero-order valence-corrected chi connectivity index (χ0v) is 7.71. The third-order valence-electron chi connectivity index (χ3n) is 1.41. The van der Waals surface area contributed by atoms with Gasteiger partial charge in [0.05, 0.1) is 0 Å². The molecule has 0 aliphatic heterocycles. The lowest BCUT2D eigenvalue weighted by Crippen LogP contribution is -2.28. The Bertz CT molecular complexity index is 482. The minimum Gasteiger partial charge on any atom is -0.423 e. The first-order chi connectivity index (χ1) is 6.27. The first kappa shape index (κ1) is 9.61. The highest BCUT2D eigenvalue weighted by atomic mass is 32.1. The Hall–Kier alpha value is -1.48. The highest BCUT2D eigenvalue weighted by molar-refractivity contribution is 7.79. The lowest BCUT2D eigenvalue weighted by atomic mass is 10.3. The van der Waals surface area contributed by atoms with Gasteiger partial charge in [-0.15, -0.1) is 0 Å². The first-order valence-electron chi connectivity index (χ1n) is 3.66. The molecular formula is C10H8O2S. The molecule has 0 saturated heterocycles. The van der Waals surface area contributed by atoms with E-state index in [1.807, 2.05) is 0 Å². The summed E-state index contributed by atoms with van der Waals surface area (Å²) in [6, 6.07) is 3.02. The molecule has 0 aromatic carbocycles. The molecule has 1 heterocycles. The summed E-state index contributed by atoms with van der Waals surface area (Å²) in [7, 11) is 0. The van der Waals surface area contributed by atoms with Crippen molar-refractivity contribution < 1.29 is 4.42 Å². The second-order valence-electron chi connectivity index (χ2n) is 2.28. The molecule has 0 aliphatic rings. The van der Waals surface area contributed by atoms with Crippen LogP contribution in [-0.2, 0) is 0 Å². The number of hydrogen-bond acceptors (Lipinski definition) is 3. The van der Waals surface area contributed by atoms with Gasteiger partial charge >= 0.3 is 5.63 Å². The summed E-state index contributed by atoms with van der Waals surface area (Å²) in [5, 5.41) is 2.19. The third-order valence-corrected chi connectivity index (χ3v) is 1.55. The fraction of sp³-hybridized carbons (Fsp3) is 0. The van der Waals surface area contributed by atoms with Crippen LogP contribution >= 0.6 is 12.2 Å². The van der Waals surface area contributed by atoms with Gasteiger partial charge in [0.2, 0.25) is 0 Å². The molecule has 66 valence electrons. The zero-order chi connectivity index (χ0) is 9.68. The second kappa shape index (κ2) is 4.52. The largest absolute Gasteiger partial charge is 0.423 e. The van der Waals surface area contributed by atoms with E-state index in [9.17, 15) is 4.79 Å². The van der Waals surface area contributed by atoms with Crippen molar-refractivity contribution >= 4 is 29.7 Å². The molecular weight excluding hydrogens is 184 g/mol. The topological polar surface area (TPSA) is 30.2 Å². The van der Waals surface area contributed by atoms with E-state index >= 15 is 0 Å². The van der Waals surface area contributed by atoms with Crippen LogP contribution in [0.25, 0.3) is 12.2 Å². The Morgan fingerprint density at radius 1 is 1.38 bits per heavy atom. The first-order valence-corrected chi connectivity index (χ1v) is 4.13. The Balaban J connectivity index is 3.63. The summed E-state index contributed by atoms with van der Waals surface area (Å²) < 4.78 is 4.91. The quantitative estimate of drug-likeness (QED) is 0.635. The van der Waals surface area contributed by atoms with Crippen molar-refractivity contribution in [1.82, 2.24) is 0 Å². The molecule has 2 nitrogen and oxygen atoms in total. The van der Waals surface area contributed by atoms with E-state index in [2.05, 4.69) is 18.8 Å². The lowest BCUT2D eigenvalue weighted by molar-refractivity contribution is 0.474. The Kier molecular flexibility index (Phi) is 3.34. The predicted molar refractivity (Wildman–Crippen MR) is 57.0 cm³/mol. The summed E-state index contributed by atoms with van der Waals surface area (Å²) >= 11 is 4.64. The highest BCUT2D eigenvalue weighted by Gasteiger charge is 1.87. The summed E-state index contributed by atoms with van der Waals surface area (Å²) in [5.74, 6) is 0. The number of thiocarbonyl (C=S) groups is 1. The average molecular weight is 192 g/mol. The van der Waals surface area contributed by atoms with Gasteiger partial charge < -0.3 is 4.42 Å². The van der Waals surface area contributed by atoms with E-state index in [1.165, 1.54) is 11.4 Å². The van der Waals surface area contributed by atoms with E-state index in [-0.39, 0.29) is 5.63 Å². The van der Waals surface area contributed by atoms with Gasteiger partial charge in [0.25, 0.3) is 0 Å². The average Bonchev–Trinajstić information content (AvgIpc) is 2.10. The highest BCUT2D eigenvalue weighted by Crippen LogP contribution is 1.67.